The van der Waals surface area contributed by atoms with Crippen LogP contribution < -0.4 is 5.73 Å². The lowest BCUT2D eigenvalue weighted by Crippen LogP contribution is -2.41. The Morgan fingerprint density at radius 1 is 1.22 bits per heavy atom. The van der Waals surface area contributed by atoms with Gasteiger partial charge in [0, 0.05) is 6.54 Å². The molecule has 0 bridgehead atoms. The summed E-state index contributed by atoms with van der Waals surface area (Å²) in [5.41, 5.74) is 8.62. The highest BCUT2D eigenvalue weighted by molar-refractivity contribution is 7.80. The average Bonchev–Trinajstić information content (AvgIpc) is 3.38. The van der Waals surface area contributed by atoms with E-state index in [1.54, 1.807) is 0 Å². The summed E-state index contributed by atoms with van der Waals surface area (Å²) >= 11 is 5.36. The number of hydrogen-bond donors (Lipinski definition) is 1. The maximum Gasteiger partial charge on any atom is 0.192 e. The smallest absolute Gasteiger partial charge is 0.192 e. The van der Waals surface area contributed by atoms with Gasteiger partial charge in [0.15, 0.2) is 13.4 Å². The Morgan fingerprint density at radius 2 is 1.74 bits per heavy atom. The molecule has 0 heterocycles. The van der Waals surface area contributed by atoms with Crippen LogP contribution >= 0.6 is 12.2 Å². The van der Waals surface area contributed by atoms with E-state index in [2.05, 4.69) is 76.9 Å². The molecule has 152 valence electrons. The number of hydrogen-bond acceptors (Lipinski definition) is 2. The summed E-state index contributed by atoms with van der Waals surface area (Å²) in [7, 11) is -1.78. The molecule has 1 fully saturated rings. The molecule has 5 heteroatoms. The van der Waals surface area contributed by atoms with Crippen molar-refractivity contribution in [2.45, 2.75) is 84.2 Å². The van der Waals surface area contributed by atoms with Gasteiger partial charge in [0.1, 0.15) is 0 Å². The molecule has 27 heavy (non-hydrogen) atoms. The van der Waals surface area contributed by atoms with Crippen LogP contribution in [-0.2, 0) is 4.43 Å². The highest BCUT2D eigenvalue weighted by atomic mass is 32.1. The zero-order valence-electron chi connectivity index (χ0n) is 18.2. The van der Waals surface area contributed by atoms with Gasteiger partial charge in [-0.3, -0.25) is 0 Å². The fourth-order valence-corrected chi connectivity index (χ4v) is 4.98. The van der Waals surface area contributed by atoms with E-state index in [0.29, 0.717) is 17.1 Å². The first-order chi connectivity index (χ1) is 12.5. The van der Waals surface area contributed by atoms with Crippen LogP contribution in [0.1, 0.15) is 77.2 Å². The first-order valence-corrected chi connectivity index (χ1v) is 13.6. The van der Waals surface area contributed by atoms with E-state index in [1.165, 1.54) is 24.0 Å². The van der Waals surface area contributed by atoms with Crippen LogP contribution in [0, 0.1) is 5.92 Å². The molecule has 2 rings (SSSR count). The highest BCUT2D eigenvalue weighted by Gasteiger charge is 2.39. The first kappa shape index (κ1) is 22.4. The van der Waals surface area contributed by atoms with Crippen molar-refractivity contribution in [3.05, 3.63) is 35.4 Å². The van der Waals surface area contributed by atoms with Gasteiger partial charge in [-0.05, 0) is 73.6 Å². The molecule has 0 aromatic heterocycles. The molecule has 2 unspecified atom stereocenters. The van der Waals surface area contributed by atoms with E-state index >= 15 is 0 Å². The molecule has 0 spiro atoms. The molecule has 1 aromatic rings. The van der Waals surface area contributed by atoms with Crippen LogP contribution in [0.3, 0.4) is 0 Å². The van der Waals surface area contributed by atoms with Gasteiger partial charge in [-0.25, -0.2) is 0 Å². The number of thiocarbonyl (C=S) groups is 1. The van der Waals surface area contributed by atoms with Gasteiger partial charge in [-0.2, -0.15) is 0 Å². The van der Waals surface area contributed by atoms with Crippen LogP contribution in [0.4, 0.5) is 0 Å². The van der Waals surface area contributed by atoms with Crippen molar-refractivity contribution in [2.24, 2.45) is 11.7 Å². The fraction of sp³-hybridized carbons (Fsp3) is 0.682. The van der Waals surface area contributed by atoms with Crippen molar-refractivity contribution in [2.75, 3.05) is 6.54 Å². The lowest BCUT2D eigenvalue weighted by Gasteiger charge is -2.38. The van der Waals surface area contributed by atoms with E-state index in [1.807, 2.05) is 0 Å². The van der Waals surface area contributed by atoms with E-state index in [0.717, 1.165) is 13.0 Å². The third kappa shape index (κ3) is 5.55. The standard InChI is InChI=1S/C22H38N2OSSi/c1-8-15-24(21(23)26)20(19-13-14-19)18-11-9-17(10-12-18)16(2)25-27(6,7)22(3,4)5/h9-12,16,19-20H,8,13-15H2,1-7H3,(H2,23,26). The zero-order chi connectivity index (χ0) is 20.4. The van der Waals surface area contributed by atoms with Crippen molar-refractivity contribution in [3.8, 4) is 0 Å². The van der Waals surface area contributed by atoms with E-state index in [-0.39, 0.29) is 11.1 Å². The molecule has 0 radical (unpaired) electrons. The summed E-state index contributed by atoms with van der Waals surface area (Å²) in [5, 5.41) is 0.739. The molecule has 2 N–H and O–H groups in total. The predicted octanol–water partition coefficient (Wildman–Crippen LogP) is 6.18. The number of nitrogens with zero attached hydrogens (tertiary/aromatic N) is 1. The van der Waals surface area contributed by atoms with Crippen LogP contribution in [0.25, 0.3) is 0 Å². The van der Waals surface area contributed by atoms with Crippen LogP contribution in [0.2, 0.25) is 18.1 Å². The normalized spacial score (nSPS) is 17.4. The number of nitrogens with two attached hydrogens (primary N) is 1. The second kappa shape index (κ2) is 8.62. The summed E-state index contributed by atoms with van der Waals surface area (Å²) in [6.07, 6.45) is 3.69. The van der Waals surface area contributed by atoms with Crippen molar-refractivity contribution >= 4 is 25.6 Å². The number of rotatable bonds is 8. The predicted molar refractivity (Wildman–Crippen MR) is 122 cm³/mol. The van der Waals surface area contributed by atoms with Gasteiger partial charge in [-0.1, -0.05) is 52.0 Å². The Hall–Kier alpha value is -0.913. The Balaban J connectivity index is 2.18. The average molecular weight is 407 g/mol. The van der Waals surface area contributed by atoms with E-state index in [9.17, 15) is 0 Å². The molecule has 1 aliphatic rings. The van der Waals surface area contributed by atoms with Crippen molar-refractivity contribution in [3.63, 3.8) is 0 Å². The second-order valence-corrected chi connectivity index (χ2v) is 14.7. The lowest BCUT2D eigenvalue weighted by molar-refractivity contribution is 0.203. The Kier molecular flexibility index (Phi) is 7.15. The maximum absolute atomic E-state index is 6.56. The molecular weight excluding hydrogens is 368 g/mol. The molecule has 0 amide bonds. The molecule has 1 saturated carbocycles. The Bertz CT molecular complexity index is 635. The van der Waals surface area contributed by atoms with E-state index < -0.39 is 8.32 Å². The summed E-state index contributed by atoms with van der Waals surface area (Å²) in [4.78, 5) is 2.22. The molecular formula is C22H38N2OSSi. The first-order valence-electron chi connectivity index (χ1n) is 10.3. The summed E-state index contributed by atoms with van der Waals surface area (Å²) in [5.74, 6) is 0.671. The van der Waals surface area contributed by atoms with Crippen molar-refractivity contribution in [1.29, 1.82) is 0 Å². The van der Waals surface area contributed by atoms with Gasteiger partial charge in [0.05, 0.1) is 12.1 Å². The summed E-state index contributed by atoms with van der Waals surface area (Å²) in [6.45, 7) is 16.7. The highest BCUT2D eigenvalue weighted by Crippen LogP contribution is 2.45. The summed E-state index contributed by atoms with van der Waals surface area (Å²) < 4.78 is 6.56. The lowest BCUT2D eigenvalue weighted by atomic mass is 9.98. The number of benzene rings is 1. The minimum atomic E-state index is -1.78. The van der Waals surface area contributed by atoms with Crippen LogP contribution in [0.5, 0.6) is 0 Å². The van der Waals surface area contributed by atoms with Crippen molar-refractivity contribution in [1.82, 2.24) is 4.90 Å². The third-order valence-corrected chi connectivity index (χ3v) is 11.0. The zero-order valence-corrected chi connectivity index (χ0v) is 20.0. The molecule has 0 aliphatic heterocycles. The molecule has 1 aliphatic carbocycles. The molecule has 3 nitrogen and oxygen atoms in total. The minimum Gasteiger partial charge on any atom is -0.410 e. The topological polar surface area (TPSA) is 38.5 Å². The second-order valence-electron chi connectivity index (χ2n) is 9.50. The van der Waals surface area contributed by atoms with E-state index in [4.69, 9.17) is 22.4 Å². The summed E-state index contributed by atoms with van der Waals surface area (Å²) in [6, 6.07) is 9.28. The van der Waals surface area contributed by atoms with Gasteiger partial charge >= 0.3 is 0 Å². The monoisotopic (exact) mass is 406 g/mol. The van der Waals surface area contributed by atoms with Gasteiger partial charge in [-0.15, -0.1) is 0 Å². The SMILES string of the molecule is CCCN(C(N)=S)C(c1ccc(C(C)O[Si](C)(C)C(C)(C)C)cc1)C1CC1. The van der Waals surface area contributed by atoms with Gasteiger partial charge < -0.3 is 15.1 Å². The van der Waals surface area contributed by atoms with Crippen LogP contribution in [0.15, 0.2) is 24.3 Å². The Morgan fingerprint density at radius 3 is 2.15 bits per heavy atom. The van der Waals surface area contributed by atoms with Crippen molar-refractivity contribution < 1.29 is 4.43 Å². The largest absolute Gasteiger partial charge is 0.410 e. The molecule has 0 saturated heterocycles. The van der Waals surface area contributed by atoms with Crippen LogP contribution in [-0.4, -0.2) is 24.9 Å². The maximum atomic E-state index is 6.56. The quantitative estimate of drug-likeness (QED) is 0.413. The fourth-order valence-electron chi connectivity index (χ4n) is 3.40. The third-order valence-electron chi connectivity index (χ3n) is 6.18. The molecule has 2 atom stereocenters. The Labute approximate surface area is 172 Å². The van der Waals surface area contributed by atoms with Gasteiger partial charge in [0.2, 0.25) is 0 Å². The molecule has 1 aromatic carbocycles. The minimum absolute atomic E-state index is 0.113. The van der Waals surface area contributed by atoms with Gasteiger partial charge in [0.25, 0.3) is 0 Å².